The van der Waals surface area contributed by atoms with E-state index in [1.807, 2.05) is 0 Å². The predicted octanol–water partition coefficient (Wildman–Crippen LogP) is -4.47. The van der Waals surface area contributed by atoms with Crippen LogP contribution in [0.2, 0.25) is 0 Å². The summed E-state index contributed by atoms with van der Waals surface area (Å²) in [4.78, 5) is 63.7. The molecule has 0 saturated carbocycles. The molecule has 194 valence electrons. The van der Waals surface area contributed by atoms with Crippen molar-refractivity contribution in [2.45, 2.75) is 49.9 Å². The highest BCUT2D eigenvalue weighted by Crippen LogP contribution is 2.05. The first kappa shape index (κ1) is 30.9. The molecule has 4 amide bonds. The van der Waals surface area contributed by atoms with Crippen molar-refractivity contribution in [1.29, 1.82) is 0 Å². The van der Waals surface area contributed by atoms with Gasteiger partial charge in [-0.2, -0.15) is 11.8 Å². The SMILES string of the molecule is CSCCC(NC(=O)C(N)CC(N)=O)C(=O)NC(CCCN=C(N)N)C(=O)NC(CO)C(=O)O. The van der Waals surface area contributed by atoms with Crippen LogP contribution >= 0.6 is 11.8 Å². The van der Waals surface area contributed by atoms with Crippen LogP contribution in [0.1, 0.15) is 25.7 Å². The quantitative estimate of drug-likeness (QED) is 0.0515. The minimum absolute atomic E-state index is 0.0243. The van der Waals surface area contributed by atoms with Crippen LogP contribution in [0.4, 0.5) is 0 Å². The Morgan fingerprint density at radius 3 is 1.91 bits per heavy atom. The molecule has 0 radical (unpaired) electrons. The molecular weight excluding hydrogens is 472 g/mol. The topological polar surface area (TPSA) is 278 Å². The van der Waals surface area contributed by atoms with Crippen molar-refractivity contribution in [3.05, 3.63) is 0 Å². The Hall–Kier alpha value is -3.11. The van der Waals surface area contributed by atoms with Crippen molar-refractivity contribution >= 4 is 47.3 Å². The average molecular weight is 507 g/mol. The van der Waals surface area contributed by atoms with Crippen molar-refractivity contribution in [3.8, 4) is 0 Å². The van der Waals surface area contributed by atoms with Gasteiger partial charge in [-0.05, 0) is 31.3 Å². The number of thioether (sulfide) groups is 1. The number of nitrogens with one attached hydrogen (secondary N) is 3. The highest BCUT2D eigenvalue weighted by Gasteiger charge is 2.30. The van der Waals surface area contributed by atoms with E-state index in [-0.39, 0.29) is 31.8 Å². The van der Waals surface area contributed by atoms with Crippen molar-refractivity contribution in [2.75, 3.05) is 25.2 Å². The number of carbonyl (C=O) groups excluding carboxylic acids is 4. The number of carbonyl (C=O) groups is 5. The maximum absolute atomic E-state index is 12.9. The zero-order valence-electron chi connectivity index (χ0n) is 18.9. The Kier molecular flexibility index (Phi) is 15.0. The third kappa shape index (κ3) is 12.8. The van der Waals surface area contributed by atoms with Crippen molar-refractivity contribution in [3.63, 3.8) is 0 Å². The van der Waals surface area contributed by atoms with Gasteiger partial charge in [0.25, 0.3) is 0 Å². The lowest BCUT2D eigenvalue weighted by Gasteiger charge is -2.24. The molecule has 34 heavy (non-hydrogen) atoms. The van der Waals surface area contributed by atoms with Crippen molar-refractivity contribution < 1.29 is 34.2 Å². The molecule has 0 aliphatic carbocycles. The number of aliphatic hydroxyl groups excluding tert-OH is 1. The fourth-order valence-electron chi connectivity index (χ4n) is 2.60. The molecule has 0 aromatic heterocycles. The number of primary amides is 1. The Morgan fingerprint density at radius 1 is 0.912 bits per heavy atom. The van der Waals surface area contributed by atoms with E-state index < -0.39 is 66.8 Å². The lowest BCUT2D eigenvalue weighted by molar-refractivity contribution is -0.143. The first-order valence-corrected chi connectivity index (χ1v) is 11.6. The van der Waals surface area contributed by atoms with Crippen LogP contribution in [-0.2, 0) is 24.0 Å². The van der Waals surface area contributed by atoms with Gasteiger partial charge in [0.2, 0.25) is 23.6 Å². The molecule has 0 spiro atoms. The van der Waals surface area contributed by atoms with E-state index >= 15 is 0 Å². The number of hydrogen-bond acceptors (Lipinski definition) is 9. The van der Waals surface area contributed by atoms with Crippen LogP contribution in [0.25, 0.3) is 0 Å². The van der Waals surface area contributed by atoms with E-state index in [0.717, 1.165) is 0 Å². The number of rotatable bonds is 17. The van der Waals surface area contributed by atoms with E-state index in [1.165, 1.54) is 11.8 Å². The number of aliphatic imine (C=N–C) groups is 1. The fraction of sp³-hybridized carbons (Fsp3) is 0.667. The molecule has 0 bridgehead atoms. The van der Waals surface area contributed by atoms with Gasteiger partial charge in [0.1, 0.15) is 18.1 Å². The van der Waals surface area contributed by atoms with Crippen molar-refractivity contribution in [1.82, 2.24) is 16.0 Å². The molecule has 0 fully saturated rings. The molecule has 16 heteroatoms. The van der Waals surface area contributed by atoms with Crippen LogP contribution < -0.4 is 38.9 Å². The Morgan fingerprint density at radius 2 is 1.44 bits per heavy atom. The second-order valence-electron chi connectivity index (χ2n) is 7.21. The number of guanidine groups is 1. The molecule has 4 unspecified atom stereocenters. The second-order valence-corrected chi connectivity index (χ2v) is 8.20. The molecule has 0 rings (SSSR count). The Bertz CT molecular complexity index is 748. The maximum atomic E-state index is 12.9. The third-order valence-electron chi connectivity index (χ3n) is 4.38. The summed E-state index contributed by atoms with van der Waals surface area (Å²) in [5.41, 5.74) is 21.2. The van der Waals surface area contributed by atoms with Gasteiger partial charge in [-0.25, -0.2) is 4.79 Å². The first-order chi connectivity index (χ1) is 15.9. The van der Waals surface area contributed by atoms with E-state index in [9.17, 15) is 24.0 Å². The number of nitrogens with two attached hydrogens (primary N) is 4. The lowest BCUT2D eigenvalue weighted by Crippen LogP contribution is -2.57. The molecule has 15 nitrogen and oxygen atoms in total. The number of amides is 4. The number of hydrogen-bond donors (Lipinski definition) is 9. The third-order valence-corrected chi connectivity index (χ3v) is 5.02. The monoisotopic (exact) mass is 506 g/mol. The molecule has 0 aliphatic rings. The van der Waals surface area contributed by atoms with Gasteiger partial charge in [0, 0.05) is 6.54 Å². The average Bonchev–Trinajstić information content (AvgIpc) is 2.75. The summed E-state index contributed by atoms with van der Waals surface area (Å²) in [6.45, 7) is -0.723. The molecule has 0 saturated heterocycles. The molecular formula is C18H34N8O7S. The molecule has 0 aromatic carbocycles. The highest BCUT2D eigenvalue weighted by atomic mass is 32.2. The lowest BCUT2D eigenvalue weighted by atomic mass is 10.1. The summed E-state index contributed by atoms with van der Waals surface area (Å²) >= 11 is 1.41. The number of carboxylic acid groups (broad SMARTS) is 1. The standard InChI is InChI=1S/C18H34N8O7S/c1-34-6-4-11(24-14(29)9(19)7-13(20)28)16(31)25-10(3-2-5-23-18(21)22)15(30)26-12(8-27)17(32)33/h9-12,27H,2-8,19H2,1H3,(H2,20,28)(H,24,29)(H,25,31)(H,26,30)(H,32,33)(H4,21,22,23). The zero-order chi connectivity index (χ0) is 26.3. The van der Waals surface area contributed by atoms with Gasteiger partial charge in [-0.3, -0.25) is 24.2 Å². The minimum Gasteiger partial charge on any atom is -0.480 e. The van der Waals surface area contributed by atoms with Gasteiger partial charge in [0.05, 0.1) is 19.1 Å². The normalized spacial score (nSPS) is 14.1. The van der Waals surface area contributed by atoms with Crippen molar-refractivity contribution in [2.24, 2.45) is 27.9 Å². The van der Waals surface area contributed by atoms with Crippen LogP contribution in [0, 0.1) is 0 Å². The number of aliphatic carboxylic acids is 1. The zero-order valence-corrected chi connectivity index (χ0v) is 19.7. The number of carboxylic acids is 1. The largest absolute Gasteiger partial charge is 0.480 e. The first-order valence-electron chi connectivity index (χ1n) is 10.3. The fourth-order valence-corrected chi connectivity index (χ4v) is 3.07. The second kappa shape index (κ2) is 16.5. The van der Waals surface area contributed by atoms with Crippen LogP contribution in [0.15, 0.2) is 4.99 Å². The maximum Gasteiger partial charge on any atom is 0.328 e. The van der Waals surface area contributed by atoms with Crippen LogP contribution in [0.5, 0.6) is 0 Å². The molecule has 0 heterocycles. The Balaban J connectivity index is 5.49. The molecule has 4 atom stereocenters. The summed E-state index contributed by atoms with van der Waals surface area (Å²) in [6, 6.07) is -5.16. The van der Waals surface area contributed by atoms with Gasteiger partial charge < -0.3 is 49.1 Å². The highest BCUT2D eigenvalue weighted by molar-refractivity contribution is 7.98. The smallest absolute Gasteiger partial charge is 0.328 e. The summed E-state index contributed by atoms with van der Waals surface area (Å²) in [7, 11) is 0. The molecule has 0 aromatic rings. The molecule has 13 N–H and O–H groups in total. The van der Waals surface area contributed by atoms with Gasteiger partial charge >= 0.3 is 5.97 Å². The van der Waals surface area contributed by atoms with E-state index in [1.54, 1.807) is 6.26 Å². The van der Waals surface area contributed by atoms with Gasteiger partial charge in [0.15, 0.2) is 5.96 Å². The van der Waals surface area contributed by atoms with E-state index in [0.29, 0.717) is 5.75 Å². The number of nitrogens with zero attached hydrogens (tertiary/aromatic N) is 1. The summed E-state index contributed by atoms with van der Waals surface area (Å²) in [5, 5.41) is 25.3. The van der Waals surface area contributed by atoms with Gasteiger partial charge in [-0.1, -0.05) is 0 Å². The summed E-state index contributed by atoms with van der Waals surface area (Å²) < 4.78 is 0. The van der Waals surface area contributed by atoms with E-state index in [2.05, 4.69) is 20.9 Å². The van der Waals surface area contributed by atoms with E-state index in [4.69, 9.17) is 33.1 Å². The minimum atomic E-state index is -1.58. The van der Waals surface area contributed by atoms with Crippen LogP contribution in [-0.4, -0.2) is 95.1 Å². The van der Waals surface area contributed by atoms with Gasteiger partial charge in [-0.15, -0.1) is 0 Å². The number of aliphatic hydroxyl groups is 1. The summed E-state index contributed by atoms with van der Waals surface area (Å²) in [6.07, 6.45) is 1.82. The molecule has 0 aliphatic heterocycles. The summed E-state index contributed by atoms with van der Waals surface area (Å²) in [5.74, 6) is -4.32. The Labute approximate surface area is 200 Å². The predicted molar refractivity (Wildman–Crippen MR) is 125 cm³/mol. The van der Waals surface area contributed by atoms with Crippen LogP contribution in [0.3, 0.4) is 0 Å².